The lowest BCUT2D eigenvalue weighted by molar-refractivity contribution is 0.612. The number of aromatic amines is 1. The maximum Gasteiger partial charge on any atom is 0.271 e. The molecule has 0 amide bonds. The number of H-pyrrole nitrogens is 1. The van der Waals surface area contributed by atoms with Gasteiger partial charge < -0.3 is 9.88 Å². The molecule has 5 heteroatoms. The van der Waals surface area contributed by atoms with E-state index >= 15 is 0 Å². The number of anilines is 2. The Morgan fingerprint density at radius 1 is 1.42 bits per heavy atom. The minimum atomic E-state index is -0.304. The van der Waals surface area contributed by atoms with Gasteiger partial charge in [-0.05, 0) is 31.4 Å². The van der Waals surface area contributed by atoms with Gasteiger partial charge in [-0.1, -0.05) is 29.8 Å². The van der Waals surface area contributed by atoms with Crippen LogP contribution < -0.4 is 10.5 Å². The lowest BCUT2D eigenvalue weighted by atomic mass is 9.97. The van der Waals surface area contributed by atoms with E-state index < -0.39 is 0 Å². The lowest BCUT2D eigenvalue weighted by Gasteiger charge is -2.36. The Kier molecular flexibility index (Phi) is 3.03. The van der Waals surface area contributed by atoms with Gasteiger partial charge in [0.05, 0.1) is 6.33 Å². The highest BCUT2D eigenvalue weighted by Gasteiger charge is 2.27. The van der Waals surface area contributed by atoms with Gasteiger partial charge in [0.1, 0.15) is 5.02 Å². The van der Waals surface area contributed by atoms with Gasteiger partial charge in [-0.15, -0.1) is 0 Å². The highest BCUT2D eigenvalue weighted by molar-refractivity contribution is 6.32. The number of aryl methyl sites for hydroxylation is 1. The van der Waals surface area contributed by atoms with Crippen LogP contribution >= 0.6 is 11.6 Å². The Labute approximate surface area is 116 Å². The lowest BCUT2D eigenvalue weighted by Crippen LogP contribution is -2.35. The first-order chi connectivity index (χ1) is 9.18. The third kappa shape index (κ3) is 2.02. The summed E-state index contributed by atoms with van der Waals surface area (Å²) in [7, 11) is 0. The molecule has 1 aliphatic rings. The number of nitrogens with one attached hydrogen (secondary N) is 1. The molecule has 1 atom stereocenters. The number of hydrogen-bond acceptors (Lipinski definition) is 3. The van der Waals surface area contributed by atoms with Gasteiger partial charge in [-0.3, -0.25) is 4.79 Å². The highest BCUT2D eigenvalue weighted by atomic mass is 35.5. The van der Waals surface area contributed by atoms with Crippen molar-refractivity contribution in [2.75, 3.05) is 4.90 Å². The predicted molar refractivity (Wildman–Crippen MR) is 76.2 cm³/mol. The molecule has 0 spiro atoms. The van der Waals surface area contributed by atoms with Gasteiger partial charge in [-0.2, -0.15) is 0 Å². The first-order valence-electron chi connectivity index (χ1n) is 6.29. The average Bonchev–Trinajstić information content (AvgIpc) is 2.43. The van der Waals surface area contributed by atoms with Crippen molar-refractivity contribution in [2.24, 2.45) is 0 Å². The summed E-state index contributed by atoms with van der Waals surface area (Å²) in [6, 6.07) is 8.44. The largest absolute Gasteiger partial charge is 0.322 e. The van der Waals surface area contributed by atoms with Crippen molar-refractivity contribution in [3.05, 3.63) is 51.5 Å². The molecule has 3 rings (SSSR count). The zero-order valence-electron chi connectivity index (χ0n) is 10.6. The van der Waals surface area contributed by atoms with Crippen LogP contribution in [0.1, 0.15) is 18.9 Å². The SMILES string of the molecule is CC1CCc2ccccc2N1c1nc[nH]c(=O)c1Cl. The Morgan fingerprint density at radius 2 is 2.21 bits per heavy atom. The summed E-state index contributed by atoms with van der Waals surface area (Å²) < 4.78 is 0. The molecule has 0 bridgehead atoms. The van der Waals surface area contributed by atoms with Gasteiger partial charge in [0.25, 0.3) is 5.56 Å². The molecular formula is C14H14ClN3O. The van der Waals surface area contributed by atoms with E-state index in [4.69, 9.17) is 11.6 Å². The molecule has 1 unspecified atom stereocenters. The zero-order valence-corrected chi connectivity index (χ0v) is 11.3. The van der Waals surface area contributed by atoms with Crippen molar-refractivity contribution in [1.29, 1.82) is 0 Å². The van der Waals surface area contributed by atoms with Crippen molar-refractivity contribution in [3.63, 3.8) is 0 Å². The molecule has 0 fully saturated rings. The maximum atomic E-state index is 11.6. The number of nitrogens with zero attached hydrogens (tertiary/aromatic N) is 2. The van der Waals surface area contributed by atoms with E-state index in [1.54, 1.807) is 0 Å². The van der Waals surface area contributed by atoms with Crippen molar-refractivity contribution in [2.45, 2.75) is 25.8 Å². The molecule has 1 aromatic carbocycles. The molecule has 98 valence electrons. The first-order valence-corrected chi connectivity index (χ1v) is 6.66. The quantitative estimate of drug-likeness (QED) is 0.871. The van der Waals surface area contributed by atoms with Gasteiger partial charge in [0.15, 0.2) is 5.82 Å². The monoisotopic (exact) mass is 275 g/mol. The molecule has 19 heavy (non-hydrogen) atoms. The Balaban J connectivity index is 2.19. The Bertz CT molecular complexity index is 668. The zero-order chi connectivity index (χ0) is 13.4. The minimum absolute atomic E-state index is 0.144. The molecule has 1 aliphatic heterocycles. The highest BCUT2D eigenvalue weighted by Crippen LogP contribution is 2.37. The van der Waals surface area contributed by atoms with E-state index in [2.05, 4.69) is 27.9 Å². The standard InChI is InChI=1S/C14H14ClN3O/c1-9-6-7-10-4-2-3-5-11(10)18(9)13-12(15)14(19)17-8-16-13/h2-5,8-9H,6-7H2,1H3,(H,16,17,19). The first kappa shape index (κ1) is 12.2. The summed E-state index contributed by atoms with van der Waals surface area (Å²) in [6.45, 7) is 2.12. The number of fused-ring (bicyclic) bond motifs is 1. The van der Waals surface area contributed by atoms with Crippen LogP contribution in [0.25, 0.3) is 0 Å². The molecule has 2 aromatic rings. The van der Waals surface area contributed by atoms with Crippen LogP contribution in [0.4, 0.5) is 11.5 Å². The molecule has 0 saturated carbocycles. The van der Waals surface area contributed by atoms with Crippen molar-refractivity contribution < 1.29 is 0 Å². The smallest absolute Gasteiger partial charge is 0.271 e. The number of hydrogen-bond donors (Lipinski definition) is 1. The summed E-state index contributed by atoms with van der Waals surface area (Å²) in [5.74, 6) is 0.532. The van der Waals surface area contributed by atoms with Crippen LogP contribution in [0, 0.1) is 0 Å². The molecule has 0 saturated heterocycles. The Hall–Kier alpha value is -1.81. The molecule has 0 aliphatic carbocycles. The number of benzene rings is 1. The van der Waals surface area contributed by atoms with Crippen LogP contribution in [0.3, 0.4) is 0 Å². The normalized spacial score (nSPS) is 18.2. The van der Waals surface area contributed by atoms with Gasteiger partial charge in [0.2, 0.25) is 0 Å². The molecular weight excluding hydrogens is 262 g/mol. The third-order valence-corrected chi connectivity index (χ3v) is 3.87. The minimum Gasteiger partial charge on any atom is -0.322 e. The molecule has 0 radical (unpaired) electrons. The summed E-state index contributed by atoms with van der Waals surface area (Å²) in [5.41, 5.74) is 2.04. The van der Waals surface area contributed by atoms with Crippen molar-refractivity contribution in [1.82, 2.24) is 9.97 Å². The molecule has 4 nitrogen and oxygen atoms in total. The molecule has 1 aromatic heterocycles. The van der Waals surface area contributed by atoms with Crippen LogP contribution in [-0.2, 0) is 6.42 Å². The van der Waals surface area contributed by atoms with Crippen LogP contribution in [-0.4, -0.2) is 16.0 Å². The molecule has 1 N–H and O–H groups in total. The third-order valence-electron chi connectivity index (χ3n) is 3.53. The number of rotatable bonds is 1. The van der Waals surface area contributed by atoms with E-state index in [0.29, 0.717) is 5.82 Å². The summed E-state index contributed by atoms with van der Waals surface area (Å²) in [4.78, 5) is 20.4. The second-order valence-electron chi connectivity index (χ2n) is 4.76. The van der Waals surface area contributed by atoms with Crippen molar-refractivity contribution >= 4 is 23.1 Å². The van der Waals surface area contributed by atoms with E-state index in [-0.39, 0.29) is 16.6 Å². The van der Waals surface area contributed by atoms with E-state index in [9.17, 15) is 4.79 Å². The van der Waals surface area contributed by atoms with E-state index in [1.165, 1.54) is 11.9 Å². The van der Waals surface area contributed by atoms with Gasteiger partial charge in [-0.25, -0.2) is 4.98 Å². The van der Waals surface area contributed by atoms with Gasteiger partial charge >= 0.3 is 0 Å². The van der Waals surface area contributed by atoms with E-state index in [0.717, 1.165) is 18.5 Å². The summed E-state index contributed by atoms with van der Waals surface area (Å²) >= 11 is 6.11. The fraction of sp³-hybridized carbons (Fsp3) is 0.286. The van der Waals surface area contributed by atoms with Crippen LogP contribution in [0.2, 0.25) is 5.02 Å². The summed E-state index contributed by atoms with van der Waals surface area (Å²) in [5, 5.41) is 0.144. The average molecular weight is 276 g/mol. The van der Waals surface area contributed by atoms with E-state index in [1.807, 2.05) is 18.2 Å². The van der Waals surface area contributed by atoms with Crippen molar-refractivity contribution in [3.8, 4) is 0 Å². The summed E-state index contributed by atoms with van der Waals surface area (Å²) in [6.07, 6.45) is 3.45. The van der Waals surface area contributed by atoms with Crippen LogP contribution in [0.15, 0.2) is 35.4 Å². The number of aromatic nitrogens is 2. The fourth-order valence-corrected chi connectivity index (χ4v) is 2.75. The molecule has 2 heterocycles. The predicted octanol–water partition coefficient (Wildman–Crippen LogP) is 2.90. The second kappa shape index (κ2) is 4.70. The fourth-order valence-electron chi connectivity index (χ4n) is 2.55. The Morgan fingerprint density at radius 3 is 3.05 bits per heavy atom. The second-order valence-corrected chi connectivity index (χ2v) is 5.13. The van der Waals surface area contributed by atoms with Gasteiger partial charge in [0, 0.05) is 11.7 Å². The topological polar surface area (TPSA) is 49.0 Å². The van der Waals surface area contributed by atoms with Crippen LogP contribution in [0.5, 0.6) is 0 Å². The number of halogens is 1. The maximum absolute atomic E-state index is 11.6. The number of para-hydroxylation sites is 1.